The van der Waals surface area contributed by atoms with Crippen LogP contribution in [0.1, 0.15) is 5.56 Å². The van der Waals surface area contributed by atoms with Gasteiger partial charge in [0.25, 0.3) is 0 Å². The van der Waals surface area contributed by atoms with Crippen molar-refractivity contribution in [2.24, 2.45) is 5.73 Å². The molecule has 0 aliphatic rings. The molecule has 0 spiro atoms. The normalized spacial score (nSPS) is 10.3. The van der Waals surface area contributed by atoms with Crippen LogP contribution in [0, 0.1) is 5.41 Å². The molecular weight excluding hydrogens is 262 g/mol. The first-order valence-corrected chi connectivity index (χ1v) is 6.46. The first-order valence-electron chi connectivity index (χ1n) is 4.38. The Morgan fingerprint density at radius 3 is 2.94 bits per heavy atom. The lowest BCUT2D eigenvalue weighted by Gasteiger charge is -2.07. The summed E-state index contributed by atoms with van der Waals surface area (Å²) < 4.78 is 0.907. The van der Waals surface area contributed by atoms with Crippen molar-refractivity contribution in [1.29, 1.82) is 5.41 Å². The first-order chi connectivity index (χ1) is 7.68. The van der Waals surface area contributed by atoms with Crippen LogP contribution in [0.3, 0.4) is 0 Å². The topological polar surface area (TPSA) is 62.8 Å². The third-order valence-corrected chi connectivity index (χ3v) is 4.11. The maximum Gasteiger partial charge on any atom is 0.154 e. The number of nitrogen functional groups attached to an aromatic ring is 1. The Labute approximate surface area is 106 Å². The number of amidine groups is 1. The fraction of sp³-hybridized carbons (Fsp3) is 0. The highest BCUT2D eigenvalue weighted by atomic mass is 35.5. The number of nitrogens with two attached hydrogens (primary N) is 1. The van der Waals surface area contributed by atoms with Gasteiger partial charge in [0.1, 0.15) is 5.84 Å². The van der Waals surface area contributed by atoms with E-state index >= 15 is 0 Å². The number of thiazole rings is 1. The molecule has 1 aromatic carbocycles. The van der Waals surface area contributed by atoms with Crippen molar-refractivity contribution in [1.82, 2.24) is 4.98 Å². The Kier molecular flexibility index (Phi) is 3.48. The molecule has 0 radical (unpaired) electrons. The molecule has 16 heavy (non-hydrogen) atoms. The van der Waals surface area contributed by atoms with E-state index < -0.39 is 0 Å². The monoisotopic (exact) mass is 269 g/mol. The van der Waals surface area contributed by atoms with Gasteiger partial charge in [-0.1, -0.05) is 29.4 Å². The second-order valence-corrected chi connectivity index (χ2v) is 5.52. The number of aromatic nitrogens is 1. The highest BCUT2D eigenvalue weighted by Gasteiger charge is 2.11. The smallest absolute Gasteiger partial charge is 0.154 e. The van der Waals surface area contributed by atoms with E-state index in [0.29, 0.717) is 10.6 Å². The third-order valence-electron chi connectivity index (χ3n) is 1.85. The number of nitrogens with one attached hydrogen (secondary N) is 1. The number of halogens is 1. The predicted molar refractivity (Wildman–Crippen MR) is 68.7 cm³/mol. The molecule has 0 saturated carbocycles. The van der Waals surface area contributed by atoms with E-state index in [9.17, 15) is 0 Å². The number of rotatable bonds is 3. The average molecular weight is 270 g/mol. The molecule has 6 heteroatoms. The van der Waals surface area contributed by atoms with Gasteiger partial charge in [-0.25, -0.2) is 4.98 Å². The quantitative estimate of drug-likeness (QED) is 0.664. The molecule has 3 N–H and O–H groups in total. The molecule has 0 atom stereocenters. The first kappa shape index (κ1) is 11.4. The number of hydrogen-bond acceptors (Lipinski definition) is 4. The summed E-state index contributed by atoms with van der Waals surface area (Å²) in [6.45, 7) is 0. The summed E-state index contributed by atoms with van der Waals surface area (Å²) >= 11 is 9.02. The molecule has 2 aromatic rings. The number of hydrogen-bond donors (Lipinski definition) is 2. The predicted octanol–water partition coefficient (Wildman–Crippen LogP) is 3.23. The minimum atomic E-state index is -0.0235. The van der Waals surface area contributed by atoms with E-state index in [1.165, 1.54) is 11.8 Å². The van der Waals surface area contributed by atoms with Crippen LogP contribution in [-0.2, 0) is 0 Å². The molecular formula is C10H8ClN3S2. The fourth-order valence-electron chi connectivity index (χ4n) is 1.21. The SMILES string of the molecule is N=C(N)c1c(Cl)cccc1Sc1nccs1. The Bertz CT molecular complexity index is 511. The highest BCUT2D eigenvalue weighted by Crippen LogP contribution is 2.34. The Hall–Kier alpha value is -1.04. The van der Waals surface area contributed by atoms with Crippen molar-refractivity contribution in [2.75, 3.05) is 0 Å². The van der Waals surface area contributed by atoms with Crippen LogP contribution in [-0.4, -0.2) is 10.8 Å². The lowest BCUT2D eigenvalue weighted by atomic mass is 10.2. The number of benzene rings is 1. The van der Waals surface area contributed by atoms with Crippen LogP contribution < -0.4 is 5.73 Å². The Morgan fingerprint density at radius 2 is 2.31 bits per heavy atom. The van der Waals surface area contributed by atoms with Crippen LogP contribution in [0.15, 0.2) is 39.0 Å². The molecule has 0 bridgehead atoms. The number of nitrogens with zero attached hydrogens (tertiary/aromatic N) is 1. The van der Waals surface area contributed by atoms with Gasteiger partial charge in [-0.2, -0.15) is 0 Å². The van der Waals surface area contributed by atoms with E-state index in [2.05, 4.69) is 4.98 Å². The van der Waals surface area contributed by atoms with Crippen LogP contribution in [0.5, 0.6) is 0 Å². The van der Waals surface area contributed by atoms with Crippen molar-refractivity contribution in [3.63, 3.8) is 0 Å². The van der Waals surface area contributed by atoms with E-state index in [0.717, 1.165) is 9.24 Å². The molecule has 0 aliphatic carbocycles. The second kappa shape index (κ2) is 4.86. The van der Waals surface area contributed by atoms with Crippen LogP contribution in [0.4, 0.5) is 0 Å². The maximum absolute atomic E-state index is 7.51. The maximum atomic E-state index is 7.51. The Morgan fingerprint density at radius 1 is 1.50 bits per heavy atom. The lowest BCUT2D eigenvalue weighted by Crippen LogP contribution is -2.12. The minimum Gasteiger partial charge on any atom is -0.384 e. The van der Waals surface area contributed by atoms with Gasteiger partial charge in [-0.15, -0.1) is 11.3 Å². The van der Waals surface area contributed by atoms with Gasteiger partial charge < -0.3 is 5.73 Å². The average Bonchev–Trinajstić information content (AvgIpc) is 2.70. The van der Waals surface area contributed by atoms with Gasteiger partial charge in [0.05, 0.1) is 5.02 Å². The Balaban J connectivity index is 2.40. The van der Waals surface area contributed by atoms with Gasteiger partial charge in [-0.3, -0.25) is 5.41 Å². The van der Waals surface area contributed by atoms with E-state index in [1.807, 2.05) is 17.5 Å². The van der Waals surface area contributed by atoms with Gasteiger partial charge in [0.2, 0.25) is 0 Å². The van der Waals surface area contributed by atoms with Crippen LogP contribution >= 0.6 is 34.7 Å². The van der Waals surface area contributed by atoms with E-state index in [4.69, 9.17) is 22.7 Å². The van der Waals surface area contributed by atoms with Crippen molar-refractivity contribution >= 4 is 40.5 Å². The van der Waals surface area contributed by atoms with Gasteiger partial charge in [0, 0.05) is 22.0 Å². The molecule has 0 unspecified atom stereocenters. The van der Waals surface area contributed by atoms with Crippen LogP contribution in [0.2, 0.25) is 5.02 Å². The zero-order valence-corrected chi connectivity index (χ0v) is 10.5. The standard InChI is InChI=1S/C10H8ClN3S2/c11-6-2-1-3-7(8(6)9(12)13)16-10-14-4-5-15-10/h1-5H,(H3,12,13). The molecule has 2 rings (SSSR count). The zero-order valence-electron chi connectivity index (χ0n) is 8.11. The van der Waals surface area contributed by atoms with Crippen molar-refractivity contribution in [2.45, 2.75) is 9.24 Å². The molecule has 0 amide bonds. The van der Waals surface area contributed by atoms with Crippen molar-refractivity contribution < 1.29 is 0 Å². The summed E-state index contributed by atoms with van der Waals surface area (Å²) in [7, 11) is 0. The zero-order chi connectivity index (χ0) is 11.5. The van der Waals surface area contributed by atoms with E-state index in [1.54, 1.807) is 23.6 Å². The molecule has 0 aliphatic heterocycles. The lowest BCUT2D eigenvalue weighted by molar-refractivity contribution is 1.24. The summed E-state index contributed by atoms with van der Waals surface area (Å²) in [5, 5.41) is 9.91. The van der Waals surface area contributed by atoms with Gasteiger partial charge in [-0.05, 0) is 12.1 Å². The largest absolute Gasteiger partial charge is 0.384 e. The molecule has 0 fully saturated rings. The molecule has 1 aromatic heterocycles. The highest BCUT2D eigenvalue weighted by molar-refractivity contribution is 8.01. The van der Waals surface area contributed by atoms with Gasteiger partial charge >= 0.3 is 0 Å². The van der Waals surface area contributed by atoms with Crippen LogP contribution in [0.25, 0.3) is 0 Å². The summed E-state index contributed by atoms with van der Waals surface area (Å²) in [5.74, 6) is -0.0235. The molecule has 1 heterocycles. The second-order valence-electron chi connectivity index (χ2n) is 2.93. The minimum absolute atomic E-state index is 0.0235. The summed E-state index contributed by atoms with van der Waals surface area (Å²) in [6, 6.07) is 5.45. The fourth-order valence-corrected chi connectivity index (χ4v) is 3.30. The van der Waals surface area contributed by atoms with Gasteiger partial charge in [0.15, 0.2) is 4.34 Å². The van der Waals surface area contributed by atoms with Crippen molar-refractivity contribution in [3.05, 3.63) is 40.4 Å². The molecule has 0 saturated heterocycles. The summed E-state index contributed by atoms with van der Waals surface area (Å²) in [4.78, 5) is 5.03. The van der Waals surface area contributed by atoms with E-state index in [-0.39, 0.29) is 5.84 Å². The summed E-state index contributed by atoms with van der Waals surface area (Å²) in [6.07, 6.45) is 1.74. The third kappa shape index (κ3) is 2.37. The van der Waals surface area contributed by atoms with Crippen molar-refractivity contribution in [3.8, 4) is 0 Å². The molecule has 3 nitrogen and oxygen atoms in total. The summed E-state index contributed by atoms with van der Waals surface area (Å²) in [5.41, 5.74) is 6.09. The molecule has 82 valence electrons.